The fourth-order valence-corrected chi connectivity index (χ4v) is 4.79. The highest BCUT2D eigenvalue weighted by molar-refractivity contribution is 6.00. The average Bonchev–Trinajstić information content (AvgIpc) is 2.81. The number of nitrogens with two attached hydrogens (primary N) is 1. The van der Waals surface area contributed by atoms with Gasteiger partial charge in [0.1, 0.15) is 0 Å². The van der Waals surface area contributed by atoms with E-state index in [9.17, 15) is 14.7 Å². The molecule has 1 aliphatic rings. The minimum absolute atomic E-state index is 0.157. The van der Waals surface area contributed by atoms with Crippen LogP contribution in [0.25, 0.3) is 21.9 Å². The van der Waals surface area contributed by atoms with Gasteiger partial charge >= 0.3 is 5.97 Å². The van der Waals surface area contributed by atoms with E-state index in [0.717, 1.165) is 23.1 Å². The summed E-state index contributed by atoms with van der Waals surface area (Å²) in [5, 5.41) is 11.1. The molecule has 35 heavy (non-hydrogen) atoms. The van der Waals surface area contributed by atoms with Crippen molar-refractivity contribution in [3.63, 3.8) is 0 Å². The van der Waals surface area contributed by atoms with Crippen LogP contribution in [0.1, 0.15) is 55.7 Å². The molecule has 0 saturated carbocycles. The summed E-state index contributed by atoms with van der Waals surface area (Å²) < 4.78 is 28.2. The summed E-state index contributed by atoms with van der Waals surface area (Å²) in [6, 6.07) is 6.62. The smallest absolute Gasteiger partial charge is 0.339 e. The standard InChI is InChI=1S/C27H31FN2O5/c1-14-16-7-6-10-34-23(16)20(28)12-18(14)21-17-9-8-15(13-29)11-19(17)25(31)30(5)22(21)24(26(32)33)35-27(2,3)4/h8-9,11-12,24H,6-7,10,13,29H2,1-5H3,(H,32,33). The Morgan fingerprint density at radius 1 is 1.29 bits per heavy atom. The molecule has 1 aliphatic heterocycles. The Hall–Kier alpha value is -3.23. The minimum Gasteiger partial charge on any atom is -0.490 e. The second kappa shape index (κ2) is 9.09. The molecule has 186 valence electrons. The number of aliphatic carboxylic acids is 1. The highest BCUT2D eigenvalue weighted by atomic mass is 19.1. The average molecular weight is 483 g/mol. The van der Waals surface area contributed by atoms with Crippen molar-refractivity contribution in [2.45, 2.75) is 58.8 Å². The predicted molar refractivity (Wildman–Crippen MR) is 132 cm³/mol. The first-order chi connectivity index (χ1) is 16.4. The number of hydrogen-bond acceptors (Lipinski definition) is 5. The van der Waals surface area contributed by atoms with Crippen LogP contribution in [-0.2, 0) is 29.5 Å². The number of pyridine rings is 1. The molecular weight excluding hydrogens is 451 g/mol. The van der Waals surface area contributed by atoms with E-state index in [4.69, 9.17) is 15.2 Å². The molecule has 1 unspecified atom stereocenters. The Labute approximate surface area is 203 Å². The van der Waals surface area contributed by atoms with Crippen molar-refractivity contribution >= 4 is 16.7 Å². The number of carboxylic acid groups (broad SMARTS) is 1. The number of aromatic nitrogens is 1. The van der Waals surface area contributed by atoms with Gasteiger partial charge in [0, 0.05) is 30.1 Å². The fraction of sp³-hybridized carbons (Fsp3) is 0.407. The highest BCUT2D eigenvalue weighted by Gasteiger charge is 2.34. The van der Waals surface area contributed by atoms with Crippen LogP contribution in [0.4, 0.5) is 4.39 Å². The number of carbonyl (C=O) groups is 1. The SMILES string of the molecule is Cc1c(-c2c(C(OC(C)(C)C)C(=O)O)n(C)c(=O)c3cc(CN)ccc23)cc(F)c2c1CCCO2. The van der Waals surface area contributed by atoms with E-state index in [1.165, 1.54) is 17.7 Å². The van der Waals surface area contributed by atoms with Crippen molar-refractivity contribution in [2.75, 3.05) is 6.61 Å². The molecule has 7 nitrogen and oxygen atoms in total. The summed E-state index contributed by atoms with van der Waals surface area (Å²) in [6.45, 7) is 7.80. The van der Waals surface area contributed by atoms with Gasteiger partial charge in [-0.1, -0.05) is 12.1 Å². The highest BCUT2D eigenvalue weighted by Crippen LogP contribution is 2.42. The van der Waals surface area contributed by atoms with Crippen molar-refractivity contribution in [2.24, 2.45) is 12.8 Å². The molecule has 0 fully saturated rings. The van der Waals surface area contributed by atoms with Gasteiger partial charge in [-0.05, 0) is 74.7 Å². The quantitative estimate of drug-likeness (QED) is 0.560. The Morgan fingerprint density at radius 3 is 2.63 bits per heavy atom. The number of carboxylic acids is 1. The molecule has 2 heterocycles. The predicted octanol–water partition coefficient (Wildman–Crippen LogP) is 4.38. The van der Waals surface area contributed by atoms with Gasteiger partial charge in [-0.3, -0.25) is 4.79 Å². The summed E-state index contributed by atoms with van der Waals surface area (Å²) in [5.74, 6) is -1.52. The first-order valence-corrected chi connectivity index (χ1v) is 11.7. The monoisotopic (exact) mass is 482 g/mol. The molecule has 0 spiro atoms. The van der Waals surface area contributed by atoms with E-state index in [2.05, 4.69) is 0 Å². The molecule has 1 aromatic heterocycles. The third-order valence-electron chi connectivity index (χ3n) is 6.39. The first kappa shape index (κ1) is 24.9. The van der Waals surface area contributed by atoms with Gasteiger partial charge in [-0.2, -0.15) is 0 Å². The molecule has 4 rings (SSSR count). The lowest BCUT2D eigenvalue weighted by molar-refractivity contribution is -0.161. The second-order valence-corrected chi connectivity index (χ2v) is 9.95. The van der Waals surface area contributed by atoms with Gasteiger partial charge in [0.2, 0.25) is 0 Å². The molecule has 0 aliphatic carbocycles. The Bertz CT molecular complexity index is 1390. The van der Waals surface area contributed by atoms with Gasteiger partial charge in [0.15, 0.2) is 17.7 Å². The van der Waals surface area contributed by atoms with Crippen molar-refractivity contribution in [1.29, 1.82) is 0 Å². The van der Waals surface area contributed by atoms with Crippen molar-refractivity contribution in [3.05, 3.63) is 62.8 Å². The van der Waals surface area contributed by atoms with E-state index in [1.54, 1.807) is 39.0 Å². The Morgan fingerprint density at radius 2 is 2.00 bits per heavy atom. The molecule has 1 atom stereocenters. The minimum atomic E-state index is -1.46. The zero-order chi connectivity index (χ0) is 25.7. The molecule has 8 heteroatoms. The van der Waals surface area contributed by atoms with E-state index < -0.39 is 23.5 Å². The number of ether oxygens (including phenoxy) is 2. The van der Waals surface area contributed by atoms with Gasteiger partial charge in [0.05, 0.1) is 17.9 Å². The Kier molecular flexibility index (Phi) is 6.46. The number of rotatable bonds is 5. The fourth-order valence-electron chi connectivity index (χ4n) is 4.79. The number of nitrogens with zero attached hydrogens (tertiary/aromatic N) is 1. The van der Waals surface area contributed by atoms with Gasteiger partial charge < -0.3 is 24.9 Å². The number of hydrogen-bond donors (Lipinski definition) is 2. The van der Waals surface area contributed by atoms with Crippen LogP contribution >= 0.6 is 0 Å². The second-order valence-electron chi connectivity index (χ2n) is 9.95. The van der Waals surface area contributed by atoms with Crippen LogP contribution < -0.4 is 16.0 Å². The summed E-state index contributed by atoms with van der Waals surface area (Å²) >= 11 is 0. The molecule has 3 N–H and O–H groups in total. The van der Waals surface area contributed by atoms with Crippen LogP contribution in [0.2, 0.25) is 0 Å². The topological polar surface area (TPSA) is 104 Å². The van der Waals surface area contributed by atoms with Crippen molar-refractivity contribution < 1.29 is 23.8 Å². The van der Waals surface area contributed by atoms with Gasteiger partial charge in [0.25, 0.3) is 5.56 Å². The zero-order valence-corrected chi connectivity index (χ0v) is 20.7. The number of benzene rings is 2. The van der Waals surface area contributed by atoms with Crippen LogP contribution in [0, 0.1) is 12.7 Å². The summed E-state index contributed by atoms with van der Waals surface area (Å²) in [5.41, 5.74) is 8.03. The van der Waals surface area contributed by atoms with Crippen LogP contribution in [-0.4, -0.2) is 27.9 Å². The summed E-state index contributed by atoms with van der Waals surface area (Å²) in [6.07, 6.45) is -0.0677. The number of halogens is 1. The lowest BCUT2D eigenvalue weighted by Crippen LogP contribution is -2.33. The maximum absolute atomic E-state index is 15.3. The molecular formula is C27H31FN2O5. The Balaban J connectivity index is 2.18. The molecule has 2 aromatic carbocycles. The van der Waals surface area contributed by atoms with Gasteiger partial charge in [-0.25, -0.2) is 9.18 Å². The third-order valence-corrected chi connectivity index (χ3v) is 6.39. The largest absolute Gasteiger partial charge is 0.490 e. The van der Waals surface area contributed by atoms with E-state index in [1.807, 2.05) is 6.92 Å². The van der Waals surface area contributed by atoms with Crippen molar-refractivity contribution in [1.82, 2.24) is 4.57 Å². The number of fused-ring (bicyclic) bond motifs is 2. The maximum Gasteiger partial charge on any atom is 0.339 e. The zero-order valence-electron chi connectivity index (χ0n) is 20.7. The van der Waals surface area contributed by atoms with Crippen molar-refractivity contribution in [3.8, 4) is 16.9 Å². The molecule has 0 radical (unpaired) electrons. The van der Waals surface area contributed by atoms with Gasteiger partial charge in [-0.15, -0.1) is 0 Å². The van der Waals surface area contributed by atoms with Crippen LogP contribution in [0.5, 0.6) is 5.75 Å². The summed E-state index contributed by atoms with van der Waals surface area (Å²) in [7, 11) is 1.52. The lowest BCUT2D eigenvalue weighted by atomic mass is 9.87. The van der Waals surface area contributed by atoms with E-state index >= 15 is 4.39 Å². The van der Waals surface area contributed by atoms with Crippen LogP contribution in [0.15, 0.2) is 29.1 Å². The molecule has 0 amide bonds. The molecule has 0 saturated heterocycles. The van der Waals surface area contributed by atoms with E-state index in [0.29, 0.717) is 34.9 Å². The molecule has 0 bridgehead atoms. The van der Waals surface area contributed by atoms with Crippen LogP contribution in [0.3, 0.4) is 0 Å². The lowest BCUT2D eigenvalue weighted by Gasteiger charge is -2.29. The normalized spacial score (nSPS) is 14.5. The third kappa shape index (κ3) is 4.44. The first-order valence-electron chi connectivity index (χ1n) is 11.7. The summed E-state index contributed by atoms with van der Waals surface area (Å²) in [4.78, 5) is 26.0. The van der Waals surface area contributed by atoms with E-state index in [-0.39, 0.29) is 23.5 Å². The maximum atomic E-state index is 15.3. The molecule has 3 aromatic rings.